The van der Waals surface area contributed by atoms with Gasteiger partial charge in [-0.2, -0.15) is 0 Å². The number of allylic oxidation sites excluding steroid dienone is 8. The molecule has 1 fully saturated rings. The van der Waals surface area contributed by atoms with Gasteiger partial charge in [0.1, 0.15) is 0 Å². The Morgan fingerprint density at radius 1 is 1.05 bits per heavy atom. The fourth-order valence-corrected chi connectivity index (χ4v) is 8.67. The molecular formula is C19H26F2Zr. The van der Waals surface area contributed by atoms with Gasteiger partial charge in [-0.25, -0.2) is 0 Å². The van der Waals surface area contributed by atoms with Crippen molar-refractivity contribution in [2.24, 2.45) is 11.3 Å². The summed E-state index contributed by atoms with van der Waals surface area (Å²) in [5.41, 5.74) is 5.39. The monoisotopic (exact) mass is 382 g/mol. The Morgan fingerprint density at radius 3 is 2.23 bits per heavy atom. The van der Waals surface area contributed by atoms with Gasteiger partial charge in [0.25, 0.3) is 0 Å². The molecular weight excluding hydrogens is 357 g/mol. The molecule has 0 aromatic carbocycles. The summed E-state index contributed by atoms with van der Waals surface area (Å²) in [7, 11) is 0. The van der Waals surface area contributed by atoms with Crippen molar-refractivity contribution in [1.82, 2.24) is 0 Å². The first-order valence-electron chi connectivity index (χ1n) is 8.07. The van der Waals surface area contributed by atoms with E-state index in [4.69, 9.17) is 0 Å². The fraction of sp³-hybridized carbons (Fsp3) is 0.579. The van der Waals surface area contributed by atoms with Gasteiger partial charge in [-0.05, 0) is 0 Å². The smallest absolute Gasteiger partial charge is 1.00 e. The summed E-state index contributed by atoms with van der Waals surface area (Å²) >= 11 is -0.571. The number of hydrogen-bond acceptors (Lipinski definition) is 0. The van der Waals surface area contributed by atoms with Gasteiger partial charge in [-0.1, -0.05) is 0 Å². The molecule has 1 unspecified atom stereocenters. The topological polar surface area (TPSA) is 0 Å². The minimum absolute atomic E-state index is 0. The van der Waals surface area contributed by atoms with Crippen molar-refractivity contribution in [2.75, 3.05) is 0 Å². The van der Waals surface area contributed by atoms with Crippen LogP contribution < -0.4 is 9.41 Å². The summed E-state index contributed by atoms with van der Waals surface area (Å²) in [6.07, 6.45) is 14.1. The molecule has 0 spiro atoms. The van der Waals surface area contributed by atoms with Crippen molar-refractivity contribution in [3.8, 4) is 0 Å². The van der Waals surface area contributed by atoms with Crippen molar-refractivity contribution < 1.29 is 32.6 Å². The Hall–Kier alpha value is -0.297. The molecule has 0 heterocycles. The van der Waals surface area contributed by atoms with Crippen LogP contribution in [0.2, 0.25) is 0 Å². The summed E-state index contributed by atoms with van der Waals surface area (Å²) in [5, 5.41) is 0. The van der Waals surface area contributed by atoms with Crippen molar-refractivity contribution in [2.45, 2.75) is 59.8 Å². The van der Waals surface area contributed by atoms with E-state index in [0.717, 1.165) is 5.92 Å². The zero-order valence-corrected chi connectivity index (χ0v) is 16.6. The summed E-state index contributed by atoms with van der Waals surface area (Å²) in [4.78, 5) is 0. The van der Waals surface area contributed by atoms with Crippen LogP contribution in [0.15, 0.2) is 41.5 Å². The van der Waals surface area contributed by atoms with E-state index >= 15 is 0 Å². The third kappa shape index (κ3) is 3.03. The molecule has 0 aromatic rings. The second-order valence-electron chi connectivity index (χ2n) is 6.88. The summed E-state index contributed by atoms with van der Waals surface area (Å²) in [6.45, 7) is 9.77. The first-order chi connectivity index (χ1) is 9.55. The number of rotatable bonds is 3. The molecule has 0 radical (unpaired) electrons. The van der Waals surface area contributed by atoms with Gasteiger partial charge < -0.3 is 9.41 Å². The van der Waals surface area contributed by atoms with Gasteiger partial charge in [0.05, 0.1) is 0 Å². The average Bonchev–Trinajstić information content (AvgIpc) is 3.15. The van der Waals surface area contributed by atoms with E-state index in [1.807, 2.05) is 3.28 Å². The van der Waals surface area contributed by atoms with E-state index in [2.05, 4.69) is 45.9 Å². The Labute approximate surface area is 145 Å². The van der Waals surface area contributed by atoms with Crippen molar-refractivity contribution in [3.63, 3.8) is 0 Å². The van der Waals surface area contributed by atoms with Crippen LogP contribution in [0.25, 0.3) is 0 Å². The van der Waals surface area contributed by atoms with E-state index < -0.39 is 23.2 Å². The third-order valence-corrected chi connectivity index (χ3v) is 10.5. The fourth-order valence-electron chi connectivity index (χ4n) is 4.37. The molecule has 0 aromatic heterocycles. The average molecular weight is 384 g/mol. The first-order valence-corrected chi connectivity index (χ1v) is 10.5. The molecule has 0 aliphatic heterocycles. The molecule has 3 aliphatic rings. The van der Waals surface area contributed by atoms with Crippen LogP contribution in [0.4, 0.5) is 0 Å². The van der Waals surface area contributed by atoms with Crippen LogP contribution >= 0.6 is 0 Å². The van der Waals surface area contributed by atoms with Gasteiger partial charge in [0, 0.05) is 0 Å². The van der Waals surface area contributed by atoms with E-state index in [0.29, 0.717) is 5.41 Å². The van der Waals surface area contributed by atoms with Gasteiger partial charge in [0.15, 0.2) is 0 Å². The molecule has 3 heteroatoms. The first kappa shape index (κ1) is 19.7. The van der Waals surface area contributed by atoms with Crippen molar-refractivity contribution >= 4 is 0 Å². The normalized spacial score (nSPS) is 27.7. The minimum Gasteiger partial charge on any atom is -1.00 e. The van der Waals surface area contributed by atoms with Crippen LogP contribution in [0.1, 0.15) is 59.8 Å². The van der Waals surface area contributed by atoms with Crippen LogP contribution in [0.3, 0.4) is 0 Å². The summed E-state index contributed by atoms with van der Waals surface area (Å²) < 4.78 is 3.67. The molecule has 22 heavy (non-hydrogen) atoms. The van der Waals surface area contributed by atoms with Gasteiger partial charge in [-0.3, -0.25) is 0 Å². The zero-order valence-electron chi connectivity index (χ0n) is 14.1. The Kier molecular flexibility index (Phi) is 6.75. The molecule has 1 atom stereocenters. The van der Waals surface area contributed by atoms with Gasteiger partial charge in [0.2, 0.25) is 0 Å². The predicted octanol–water partition coefficient (Wildman–Crippen LogP) is -0.259. The molecule has 0 bridgehead atoms. The Morgan fingerprint density at radius 2 is 1.68 bits per heavy atom. The van der Waals surface area contributed by atoms with Gasteiger partial charge >= 0.3 is 136 Å². The standard InChI is InChI=1S/C14H21.C5H5.2FH.Zr/c1-10-9-14(4,12(3)11(10)2)13-7-5-6-8-13;1-2-4-5-3-1;;;/h13H,5-8H2,1-4H3;1-3H,4H2;2*1H;/q;;;;+2/p-2. The van der Waals surface area contributed by atoms with E-state index in [1.54, 1.807) is 20.0 Å². The number of hydrogen-bond donors (Lipinski definition) is 0. The van der Waals surface area contributed by atoms with E-state index in [1.165, 1.54) is 32.1 Å². The van der Waals surface area contributed by atoms with Crippen molar-refractivity contribution in [3.05, 3.63) is 41.5 Å². The molecule has 120 valence electrons. The maximum absolute atomic E-state index is 2.58. The molecule has 3 rings (SSSR count). The SMILES string of the molecule is CC1=C(C)C(C)(C2CCCC2)[C]([Zr+2][C]2=CC=CC2)=C1C.[F-].[F-]. The summed E-state index contributed by atoms with van der Waals surface area (Å²) in [5.74, 6) is 0.917. The maximum Gasteiger partial charge on any atom is -1.00 e. The molecule has 0 saturated heterocycles. The second kappa shape index (κ2) is 7.51. The molecule has 0 N–H and O–H groups in total. The molecule has 0 nitrogen and oxygen atoms in total. The number of halogens is 2. The van der Waals surface area contributed by atoms with Gasteiger partial charge in [-0.15, -0.1) is 0 Å². The van der Waals surface area contributed by atoms with Crippen LogP contribution in [-0.4, -0.2) is 0 Å². The Balaban J connectivity index is 0.00000121. The minimum atomic E-state index is -0.571. The molecule has 3 aliphatic carbocycles. The van der Waals surface area contributed by atoms with Crippen LogP contribution in [0.5, 0.6) is 0 Å². The zero-order chi connectivity index (χ0) is 14.3. The Bertz CT molecular complexity index is 548. The van der Waals surface area contributed by atoms with E-state index in [-0.39, 0.29) is 9.41 Å². The molecule has 0 amide bonds. The largest absolute Gasteiger partial charge is 1.00 e. The van der Waals surface area contributed by atoms with Crippen LogP contribution in [-0.2, 0) is 23.2 Å². The molecule has 1 saturated carbocycles. The second-order valence-corrected chi connectivity index (χ2v) is 10.3. The summed E-state index contributed by atoms with van der Waals surface area (Å²) in [6, 6.07) is 0. The predicted molar refractivity (Wildman–Crippen MR) is 83.0 cm³/mol. The maximum atomic E-state index is 2.58. The van der Waals surface area contributed by atoms with Crippen LogP contribution in [0, 0.1) is 11.3 Å². The third-order valence-electron chi connectivity index (χ3n) is 6.03. The van der Waals surface area contributed by atoms with Crippen molar-refractivity contribution in [1.29, 1.82) is 0 Å². The van der Waals surface area contributed by atoms with E-state index in [9.17, 15) is 0 Å². The quantitative estimate of drug-likeness (QED) is 0.630.